The quantitative estimate of drug-likeness (QED) is 0.0933. The minimum atomic E-state index is -2.20. The summed E-state index contributed by atoms with van der Waals surface area (Å²) in [6.45, 7) is 1.84. The van der Waals surface area contributed by atoms with Gasteiger partial charge in [-0.1, -0.05) is 0 Å². The van der Waals surface area contributed by atoms with Crippen LogP contribution in [0.3, 0.4) is 0 Å². The summed E-state index contributed by atoms with van der Waals surface area (Å²) in [6, 6.07) is -3.04. The Bertz CT molecular complexity index is 1200. The summed E-state index contributed by atoms with van der Waals surface area (Å²) < 4.78 is 38.8. The zero-order valence-electron chi connectivity index (χ0n) is 27.5. The highest BCUT2D eigenvalue weighted by atomic mass is 16.8. The van der Waals surface area contributed by atoms with Crippen LogP contribution in [0.4, 0.5) is 0 Å². The van der Waals surface area contributed by atoms with Crippen LogP contribution in [0.15, 0.2) is 0 Å². The number of hydrogen-bond acceptors (Lipinski definition) is 20. The highest BCUT2D eigenvalue weighted by molar-refractivity contribution is 5.74. The van der Waals surface area contributed by atoms with E-state index in [2.05, 4.69) is 10.6 Å². The molecule has 0 spiro atoms. The minimum absolute atomic E-state index is 0.678. The van der Waals surface area contributed by atoms with Gasteiger partial charge in [-0.25, -0.2) is 4.79 Å². The molecule has 0 aromatic carbocycles. The Morgan fingerprint density at radius 1 is 0.569 bits per heavy atom. The third-order valence-electron chi connectivity index (χ3n) is 8.94. The molecule has 23 heteroatoms. The zero-order chi connectivity index (χ0) is 38.1. The van der Waals surface area contributed by atoms with Crippen LogP contribution in [0.1, 0.15) is 20.8 Å². The number of ether oxygens (including phenoxy) is 7. The average molecular weight is 747 g/mol. The van der Waals surface area contributed by atoms with Crippen LogP contribution in [0.25, 0.3) is 0 Å². The third kappa shape index (κ3) is 8.93. The fourth-order valence-corrected chi connectivity index (χ4v) is 6.26. The average Bonchev–Trinajstić information content (AvgIpc) is 3.06. The van der Waals surface area contributed by atoms with Gasteiger partial charge in [0.1, 0.15) is 85.3 Å². The lowest BCUT2D eigenvalue weighted by atomic mass is 9.94. The molecule has 2 amide bonds. The second kappa shape index (κ2) is 17.3. The second-order valence-corrected chi connectivity index (χ2v) is 12.6. The molecule has 0 saturated carbocycles. The molecule has 294 valence electrons. The Hall–Kier alpha value is -2.27. The number of aliphatic carboxylic acids is 1. The molecule has 23 nitrogen and oxygen atoms in total. The predicted octanol–water partition coefficient (Wildman–Crippen LogP) is -8.34. The van der Waals surface area contributed by atoms with E-state index in [1.54, 1.807) is 0 Å². The Kier molecular flexibility index (Phi) is 14.0. The van der Waals surface area contributed by atoms with Gasteiger partial charge in [-0.2, -0.15) is 0 Å². The van der Waals surface area contributed by atoms with E-state index in [0.717, 1.165) is 13.8 Å². The molecule has 4 heterocycles. The van der Waals surface area contributed by atoms with Crippen molar-refractivity contribution in [2.24, 2.45) is 0 Å². The van der Waals surface area contributed by atoms with Crippen molar-refractivity contribution in [1.82, 2.24) is 10.6 Å². The van der Waals surface area contributed by atoms with Crippen LogP contribution in [0.5, 0.6) is 0 Å². The van der Waals surface area contributed by atoms with Gasteiger partial charge < -0.3 is 100.0 Å². The summed E-state index contributed by atoms with van der Waals surface area (Å²) in [7, 11) is 0. The topological polar surface area (TPSA) is 362 Å². The number of carbonyl (C=O) groups excluding carboxylic acids is 2. The number of aliphatic hydroxyl groups is 10. The normalized spacial score (nSPS) is 47.7. The van der Waals surface area contributed by atoms with Gasteiger partial charge in [0.2, 0.25) is 11.8 Å². The molecule has 20 atom stereocenters. The van der Waals surface area contributed by atoms with E-state index in [4.69, 9.17) is 33.2 Å². The molecule has 13 N–H and O–H groups in total. The van der Waals surface area contributed by atoms with Crippen molar-refractivity contribution in [2.45, 2.75) is 143 Å². The van der Waals surface area contributed by atoms with Gasteiger partial charge in [0.25, 0.3) is 0 Å². The lowest BCUT2D eigenvalue weighted by molar-refractivity contribution is -0.370. The van der Waals surface area contributed by atoms with Gasteiger partial charge in [-0.05, 0) is 6.92 Å². The number of carboxylic acid groups (broad SMARTS) is 1. The minimum Gasteiger partial charge on any atom is -0.479 e. The molecule has 0 aromatic heterocycles. The fraction of sp³-hybridized carbons (Fsp3) is 0.893. The number of carbonyl (C=O) groups is 3. The molecule has 4 saturated heterocycles. The summed E-state index contributed by atoms with van der Waals surface area (Å²) in [5.74, 6) is -3.23. The van der Waals surface area contributed by atoms with Crippen LogP contribution < -0.4 is 10.6 Å². The molecule has 4 fully saturated rings. The molecule has 4 aliphatic rings. The Labute approximate surface area is 289 Å². The Morgan fingerprint density at radius 3 is 1.63 bits per heavy atom. The van der Waals surface area contributed by atoms with Crippen molar-refractivity contribution < 1.29 is 104 Å². The van der Waals surface area contributed by atoms with Crippen molar-refractivity contribution in [3.63, 3.8) is 0 Å². The monoisotopic (exact) mass is 746 g/mol. The van der Waals surface area contributed by atoms with Crippen molar-refractivity contribution >= 4 is 17.8 Å². The molecular formula is C28H46N2O21. The Balaban J connectivity index is 1.59. The number of aliphatic hydroxyl groups excluding tert-OH is 10. The first kappa shape index (κ1) is 41.5. The van der Waals surface area contributed by atoms with Crippen LogP contribution in [-0.4, -0.2) is 210 Å². The summed E-state index contributed by atoms with van der Waals surface area (Å²) in [5, 5.41) is 119. The number of amides is 2. The standard InChI is InChI=1S/C28H46N2O21/c1-6-13(35)21(12(30-8(3)34)26(45-6)48-20-11(29-7(2)33)25(44)46-10(5-32)15(20)37)49-28-19(41)17(39)22(23(51-28)24(42)43)50-27-18(40)16(38)14(36)9(4-31)47-27/h6,9-23,25-28,31-32,35-41,44H,4-5H2,1-3H3,(H,29,33)(H,30,34)(H,42,43)/t6-,9+,10+,11+,12-,13-,14+,15+,16-,17+,18-,19+,20+,21-,22-,23-,25-,26-,27-,28+/m0/s1. The van der Waals surface area contributed by atoms with E-state index in [1.165, 1.54) is 6.92 Å². The molecule has 0 bridgehead atoms. The van der Waals surface area contributed by atoms with Crippen molar-refractivity contribution in [2.75, 3.05) is 13.2 Å². The fourth-order valence-electron chi connectivity index (χ4n) is 6.26. The first-order valence-corrected chi connectivity index (χ1v) is 15.9. The maximum Gasteiger partial charge on any atom is 0.335 e. The number of hydrogen-bond donors (Lipinski definition) is 13. The van der Waals surface area contributed by atoms with E-state index in [0.29, 0.717) is 0 Å². The molecule has 0 aromatic rings. The summed E-state index contributed by atoms with van der Waals surface area (Å²) in [6.07, 6.45) is -32.7. The molecular weight excluding hydrogens is 700 g/mol. The van der Waals surface area contributed by atoms with Gasteiger partial charge in [0.15, 0.2) is 31.3 Å². The van der Waals surface area contributed by atoms with E-state index >= 15 is 0 Å². The van der Waals surface area contributed by atoms with Gasteiger partial charge in [-0.3, -0.25) is 9.59 Å². The number of rotatable bonds is 11. The van der Waals surface area contributed by atoms with E-state index in [9.17, 15) is 70.6 Å². The van der Waals surface area contributed by atoms with Crippen molar-refractivity contribution in [3.05, 3.63) is 0 Å². The predicted molar refractivity (Wildman–Crippen MR) is 156 cm³/mol. The molecule has 0 unspecified atom stereocenters. The molecule has 4 aliphatic heterocycles. The van der Waals surface area contributed by atoms with Crippen LogP contribution in [0.2, 0.25) is 0 Å². The first-order valence-electron chi connectivity index (χ1n) is 15.9. The Morgan fingerprint density at radius 2 is 1.06 bits per heavy atom. The third-order valence-corrected chi connectivity index (χ3v) is 8.94. The van der Waals surface area contributed by atoms with E-state index in [-0.39, 0.29) is 0 Å². The van der Waals surface area contributed by atoms with Crippen LogP contribution in [-0.2, 0) is 47.5 Å². The zero-order valence-corrected chi connectivity index (χ0v) is 27.5. The van der Waals surface area contributed by atoms with Crippen molar-refractivity contribution in [1.29, 1.82) is 0 Å². The lowest BCUT2D eigenvalue weighted by Gasteiger charge is -2.50. The smallest absolute Gasteiger partial charge is 0.335 e. The van der Waals surface area contributed by atoms with Gasteiger partial charge in [-0.15, -0.1) is 0 Å². The second-order valence-electron chi connectivity index (χ2n) is 12.6. The van der Waals surface area contributed by atoms with Crippen LogP contribution >= 0.6 is 0 Å². The number of carboxylic acids is 1. The summed E-state index contributed by atoms with van der Waals surface area (Å²) in [4.78, 5) is 36.6. The maximum atomic E-state index is 12.3. The largest absolute Gasteiger partial charge is 0.479 e. The van der Waals surface area contributed by atoms with E-state index in [1.807, 2.05) is 0 Å². The summed E-state index contributed by atoms with van der Waals surface area (Å²) in [5.41, 5.74) is 0. The van der Waals surface area contributed by atoms with Gasteiger partial charge >= 0.3 is 5.97 Å². The van der Waals surface area contributed by atoms with Crippen LogP contribution in [0, 0.1) is 0 Å². The highest BCUT2D eigenvalue weighted by Crippen LogP contribution is 2.34. The lowest BCUT2D eigenvalue weighted by Crippen LogP contribution is -2.70. The molecule has 51 heavy (non-hydrogen) atoms. The van der Waals surface area contributed by atoms with Gasteiger partial charge in [0, 0.05) is 13.8 Å². The van der Waals surface area contributed by atoms with Gasteiger partial charge in [0.05, 0.1) is 19.3 Å². The SMILES string of the molecule is CC(=O)N[C@@H]1[C@H](O[C@H]2[C@H](O)[C@@H](CO)O[C@H](O)[C@@H]2NC(C)=O)O[C@@H](C)[C@H](O)[C@H]1O[C@@H]1O[C@H](C(=O)O)[C@@H](O[C@@H]2O[C@H](CO)[C@@H](O)[C@H](O)[C@@H]2O)[C@H](O)[C@H]1O. The molecule has 4 rings (SSSR count). The summed E-state index contributed by atoms with van der Waals surface area (Å²) >= 11 is 0. The number of nitrogens with one attached hydrogen (secondary N) is 2. The maximum absolute atomic E-state index is 12.3. The molecule has 0 radical (unpaired) electrons. The highest BCUT2D eigenvalue weighted by Gasteiger charge is 2.56. The first-order chi connectivity index (χ1) is 23.9. The molecule has 0 aliphatic carbocycles. The van der Waals surface area contributed by atoms with E-state index < -0.39 is 154 Å². The van der Waals surface area contributed by atoms with Crippen molar-refractivity contribution in [3.8, 4) is 0 Å².